The SMILES string of the molecule is CNB(C)SC(C)C. The molecule has 8 heavy (non-hydrogen) atoms. The van der Waals surface area contributed by atoms with Gasteiger partial charge in [-0.25, -0.2) is 0 Å². The molecule has 0 heterocycles. The van der Waals surface area contributed by atoms with Crippen LogP contribution in [-0.4, -0.2) is 18.4 Å². The van der Waals surface area contributed by atoms with Crippen molar-refractivity contribution in [2.45, 2.75) is 25.9 Å². The highest BCUT2D eigenvalue weighted by molar-refractivity contribution is 8.25. The minimum absolute atomic E-state index is 0.593. The third-order valence-corrected chi connectivity index (χ3v) is 2.07. The van der Waals surface area contributed by atoms with Crippen molar-refractivity contribution in [3.8, 4) is 0 Å². The first-order valence-corrected chi connectivity index (χ1v) is 3.93. The van der Waals surface area contributed by atoms with Gasteiger partial charge in [-0.05, 0) is 12.3 Å². The van der Waals surface area contributed by atoms with Gasteiger partial charge in [0.05, 0.1) is 0 Å². The standard InChI is InChI=1S/C5H14BNS/c1-5(2)8-6(3)7-4/h5,7H,1-4H3. The Morgan fingerprint density at radius 3 is 2.12 bits per heavy atom. The molecule has 0 spiro atoms. The number of hydrogen-bond donors (Lipinski definition) is 1. The Morgan fingerprint density at radius 2 is 2.00 bits per heavy atom. The molecule has 0 aromatic carbocycles. The molecule has 1 N–H and O–H groups in total. The monoisotopic (exact) mass is 131 g/mol. The minimum atomic E-state index is 0.593. The van der Waals surface area contributed by atoms with Crippen LogP contribution in [-0.2, 0) is 0 Å². The van der Waals surface area contributed by atoms with E-state index in [-0.39, 0.29) is 0 Å². The molecule has 0 fully saturated rings. The molecule has 0 rings (SSSR count). The Labute approximate surface area is 56.6 Å². The maximum atomic E-state index is 3.16. The number of nitrogens with one attached hydrogen (secondary N) is 1. The van der Waals surface area contributed by atoms with Crippen LogP contribution >= 0.6 is 11.6 Å². The predicted molar refractivity (Wildman–Crippen MR) is 43.4 cm³/mol. The molecule has 0 aliphatic heterocycles. The normalized spacial score (nSPS) is 10.1. The van der Waals surface area contributed by atoms with E-state index in [0.29, 0.717) is 6.13 Å². The van der Waals surface area contributed by atoms with Crippen LogP contribution in [0.5, 0.6) is 0 Å². The van der Waals surface area contributed by atoms with E-state index in [2.05, 4.69) is 25.9 Å². The van der Waals surface area contributed by atoms with Crippen molar-refractivity contribution < 1.29 is 0 Å². The fraction of sp³-hybridized carbons (Fsp3) is 1.00. The first kappa shape index (κ1) is 8.37. The third-order valence-electron chi connectivity index (χ3n) is 0.883. The highest BCUT2D eigenvalue weighted by Gasteiger charge is 2.05. The van der Waals surface area contributed by atoms with Crippen LogP contribution in [0.4, 0.5) is 0 Å². The summed E-state index contributed by atoms with van der Waals surface area (Å²) in [6.45, 7) is 6.59. The van der Waals surface area contributed by atoms with Gasteiger partial charge in [0.1, 0.15) is 0 Å². The molecule has 0 saturated carbocycles. The second-order valence-electron chi connectivity index (χ2n) is 2.12. The Hall–Kier alpha value is 0.375. The third kappa shape index (κ3) is 4.53. The van der Waals surface area contributed by atoms with Crippen LogP contribution in [0, 0.1) is 0 Å². The Balaban J connectivity index is 3.10. The van der Waals surface area contributed by atoms with Crippen LogP contribution in [0.1, 0.15) is 13.8 Å². The molecule has 48 valence electrons. The van der Waals surface area contributed by atoms with E-state index in [1.54, 1.807) is 0 Å². The van der Waals surface area contributed by atoms with Crippen molar-refractivity contribution in [2.75, 3.05) is 7.05 Å². The van der Waals surface area contributed by atoms with Gasteiger partial charge in [0.2, 0.25) is 0 Å². The Kier molecular flexibility index (Phi) is 4.47. The molecule has 0 amide bonds. The van der Waals surface area contributed by atoms with Gasteiger partial charge < -0.3 is 5.23 Å². The summed E-state index contributed by atoms with van der Waals surface area (Å²) in [7, 11) is 1.99. The molecule has 0 aromatic heterocycles. The van der Waals surface area contributed by atoms with Gasteiger partial charge >= 0.3 is 0 Å². The number of hydrogen-bond acceptors (Lipinski definition) is 2. The van der Waals surface area contributed by atoms with Crippen LogP contribution in [0.25, 0.3) is 0 Å². The lowest BCUT2D eigenvalue weighted by atomic mass is 9.99. The second-order valence-corrected chi connectivity index (χ2v) is 4.04. The van der Waals surface area contributed by atoms with Gasteiger partial charge in [0, 0.05) is 0 Å². The molecule has 0 bridgehead atoms. The maximum Gasteiger partial charge on any atom is 0.285 e. The highest BCUT2D eigenvalue weighted by Crippen LogP contribution is 2.10. The molecular weight excluding hydrogens is 117 g/mol. The lowest BCUT2D eigenvalue weighted by Crippen LogP contribution is -2.24. The molecule has 0 aliphatic rings. The van der Waals surface area contributed by atoms with Gasteiger partial charge in [0.15, 0.2) is 0 Å². The molecule has 0 unspecified atom stereocenters. The van der Waals surface area contributed by atoms with E-state index in [0.717, 1.165) is 5.25 Å². The smallest absolute Gasteiger partial charge is 0.285 e. The predicted octanol–water partition coefficient (Wildman–Crippen LogP) is 1.47. The summed E-state index contributed by atoms with van der Waals surface area (Å²) >= 11 is 1.94. The first-order valence-electron chi connectivity index (χ1n) is 2.99. The minimum Gasteiger partial charge on any atom is -0.349 e. The van der Waals surface area contributed by atoms with Crippen LogP contribution in [0.15, 0.2) is 0 Å². The van der Waals surface area contributed by atoms with E-state index < -0.39 is 0 Å². The Bertz CT molecular complexity index is 58.4. The fourth-order valence-electron chi connectivity index (χ4n) is 0.476. The summed E-state index contributed by atoms with van der Waals surface area (Å²) in [4.78, 5) is 0. The topological polar surface area (TPSA) is 12.0 Å². The van der Waals surface area contributed by atoms with E-state index >= 15 is 0 Å². The summed E-state index contributed by atoms with van der Waals surface area (Å²) < 4.78 is 0. The van der Waals surface area contributed by atoms with Crippen molar-refractivity contribution in [2.24, 2.45) is 0 Å². The molecule has 0 aliphatic carbocycles. The summed E-state index contributed by atoms with van der Waals surface area (Å²) in [5.74, 6) is 0. The lowest BCUT2D eigenvalue weighted by Gasteiger charge is -2.07. The zero-order valence-corrected chi connectivity index (χ0v) is 6.88. The molecule has 0 atom stereocenters. The van der Waals surface area contributed by atoms with Gasteiger partial charge in [-0.1, -0.05) is 20.7 Å². The van der Waals surface area contributed by atoms with Crippen LogP contribution in [0.2, 0.25) is 6.82 Å². The van der Waals surface area contributed by atoms with Crippen molar-refractivity contribution >= 4 is 17.7 Å². The maximum absolute atomic E-state index is 3.16. The molecular formula is C5H14BNS. The molecule has 1 nitrogen and oxygen atoms in total. The van der Waals surface area contributed by atoms with E-state index in [9.17, 15) is 0 Å². The van der Waals surface area contributed by atoms with Gasteiger partial charge in [-0.15, -0.1) is 0 Å². The van der Waals surface area contributed by atoms with Crippen molar-refractivity contribution in [3.05, 3.63) is 0 Å². The Morgan fingerprint density at radius 1 is 1.50 bits per heavy atom. The van der Waals surface area contributed by atoms with Crippen molar-refractivity contribution in [3.63, 3.8) is 0 Å². The van der Waals surface area contributed by atoms with E-state index in [4.69, 9.17) is 0 Å². The van der Waals surface area contributed by atoms with Crippen LogP contribution < -0.4 is 5.23 Å². The summed E-state index contributed by atoms with van der Waals surface area (Å²) in [5, 5.41) is 3.89. The number of rotatable bonds is 3. The molecule has 3 heteroatoms. The van der Waals surface area contributed by atoms with Crippen molar-refractivity contribution in [1.29, 1.82) is 0 Å². The van der Waals surface area contributed by atoms with Crippen molar-refractivity contribution in [1.82, 2.24) is 5.23 Å². The van der Waals surface area contributed by atoms with E-state index in [1.165, 1.54) is 0 Å². The molecule has 0 aromatic rings. The average molecular weight is 131 g/mol. The quantitative estimate of drug-likeness (QED) is 0.582. The van der Waals surface area contributed by atoms with Gasteiger partial charge in [-0.2, -0.15) is 11.6 Å². The van der Waals surface area contributed by atoms with Gasteiger partial charge in [0.25, 0.3) is 6.13 Å². The summed E-state index contributed by atoms with van der Waals surface area (Å²) in [6, 6.07) is 0. The zero-order valence-electron chi connectivity index (χ0n) is 6.06. The fourth-order valence-corrected chi connectivity index (χ4v) is 1.43. The highest BCUT2D eigenvalue weighted by atomic mass is 32.2. The molecule has 0 radical (unpaired) electrons. The second kappa shape index (κ2) is 4.27. The largest absolute Gasteiger partial charge is 0.349 e. The zero-order chi connectivity index (χ0) is 6.57. The van der Waals surface area contributed by atoms with Gasteiger partial charge in [-0.3, -0.25) is 0 Å². The lowest BCUT2D eigenvalue weighted by molar-refractivity contribution is 1.12. The van der Waals surface area contributed by atoms with E-state index in [1.807, 2.05) is 18.7 Å². The molecule has 0 saturated heterocycles. The average Bonchev–Trinajstić information content (AvgIpc) is 1.65. The van der Waals surface area contributed by atoms with Crippen LogP contribution in [0.3, 0.4) is 0 Å². The first-order chi connectivity index (χ1) is 3.66. The summed E-state index contributed by atoms with van der Waals surface area (Å²) in [5.41, 5.74) is 0. The summed E-state index contributed by atoms with van der Waals surface area (Å²) in [6.07, 6.45) is 0.593.